The van der Waals surface area contributed by atoms with Crippen molar-refractivity contribution >= 4 is 5.91 Å². The van der Waals surface area contributed by atoms with Crippen molar-refractivity contribution in [2.75, 3.05) is 26.8 Å². The van der Waals surface area contributed by atoms with Crippen LogP contribution in [0.1, 0.15) is 35.6 Å². The fourth-order valence-corrected chi connectivity index (χ4v) is 3.83. The van der Waals surface area contributed by atoms with Gasteiger partial charge < -0.3 is 14.2 Å². The zero-order valence-corrected chi connectivity index (χ0v) is 16.6. The van der Waals surface area contributed by atoms with Crippen LogP contribution >= 0.6 is 0 Å². The van der Waals surface area contributed by atoms with Crippen molar-refractivity contribution in [1.82, 2.24) is 25.0 Å². The lowest BCUT2D eigenvalue weighted by Crippen LogP contribution is -2.49. The van der Waals surface area contributed by atoms with Crippen LogP contribution in [0, 0.1) is 5.82 Å². The van der Waals surface area contributed by atoms with E-state index in [2.05, 4.69) is 20.1 Å². The molecule has 4 rings (SSSR count). The molecule has 2 aromatic heterocycles. The predicted molar refractivity (Wildman–Crippen MR) is 105 cm³/mol. The summed E-state index contributed by atoms with van der Waals surface area (Å²) in [7, 11) is 1.64. The first-order valence-corrected chi connectivity index (χ1v) is 9.76. The van der Waals surface area contributed by atoms with Crippen LogP contribution in [0.4, 0.5) is 4.39 Å². The van der Waals surface area contributed by atoms with Gasteiger partial charge in [-0.25, -0.2) is 14.4 Å². The van der Waals surface area contributed by atoms with Crippen molar-refractivity contribution in [2.45, 2.75) is 24.7 Å². The molecule has 1 amide bonds. The fourth-order valence-electron chi connectivity index (χ4n) is 3.83. The molecule has 156 valence electrons. The minimum Gasteiger partial charge on any atom is -0.385 e. The zero-order valence-electron chi connectivity index (χ0n) is 16.6. The summed E-state index contributed by atoms with van der Waals surface area (Å²) in [5.74, 6) is 0.363. The average molecular weight is 411 g/mol. The third kappa shape index (κ3) is 4.06. The number of benzene rings is 1. The minimum absolute atomic E-state index is 0.152. The van der Waals surface area contributed by atoms with E-state index in [-0.39, 0.29) is 11.7 Å². The van der Waals surface area contributed by atoms with Gasteiger partial charge in [0.2, 0.25) is 0 Å². The van der Waals surface area contributed by atoms with E-state index >= 15 is 0 Å². The molecule has 0 spiro atoms. The Morgan fingerprint density at radius 2 is 2.13 bits per heavy atom. The maximum atomic E-state index is 13.2. The summed E-state index contributed by atoms with van der Waals surface area (Å²) < 4.78 is 24.0. The summed E-state index contributed by atoms with van der Waals surface area (Å²) >= 11 is 0. The fraction of sp³-hybridized carbons (Fsp3) is 0.381. The molecule has 0 bridgehead atoms. The molecule has 9 heteroatoms. The Labute approximate surface area is 173 Å². The first kappa shape index (κ1) is 20.1. The lowest BCUT2D eigenvalue weighted by Gasteiger charge is -2.40. The average Bonchev–Trinajstić information content (AvgIpc) is 3.29. The molecule has 1 unspecified atom stereocenters. The number of ether oxygens (including phenoxy) is 1. The van der Waals surface area contributed by atoms with Crippen molar-refractivity contribution in [1.29, 1.82) is 0 Å². The van der Waals surface area contributed by atoms with Crippen molar-refractivity contribution in [3.8, 4) is 11.5 Å². The van der Waals surface area contributed by atoms with Crippen LogP contribution in [-0.4, -0.2) is 57.7 Å². The molecule has 0 radical (unpaired) electrons. The van der Waals surface area contributed by atoms with Gasteiger partial charge in [-0.05, 0) is 49.6 Å². The number of rotatable bonds is 6. The summed E-state index contributed by atoms with van der Waals surface area (Å²) in [6.07, 6.45) is 5.15. The van der Waals surface area contributed by atoms with Gasteiger partial charge in [-0.15, -0.1) is 0 Å². The van der Waals surface area contributed by atoms with Gasteiger partial charge in [0.1, 0.15) is 17.8 Å². The van der Waals surface area contributed by atoms with E-state index in [0.717, 1.165) is 12.8 Å². The molecule has 0 saturated carbocycles. The van der Waals surface area contributed by atoms with Gasteiger partial charge in [0.25, 0.3) is 11.8 Å². The number of carbonyl (C=O) groups excluding carboxylic acids is 1. The minimum atomic E-state index is -0.501. The Morgan fingerprint density at radius 1 is 1.30 bits per heavy atom. The normalized spacial score (nSPS) is 19.1. The first-order valence-electron chi connectivity index (χ1n) is 9.76. The number of halogens is 1. The Bertz CT molecular complexity index is 995. The van der Waals surface area contributed by atoms with Crippen LogP contribution in [0.2, 0.25) is 0 Å². The number of aromatic nitrogens is 4. The van der Waals surface area contributed by atoms with Crippen LogP contribution in [0.5, 0.6) is 0 Å². The highest BCUT2D eigenvalue weighted by atomic mass is 19.1. The molecule has 1 aromatic carbocycles. The molecule has 30 heavy (non-hydrogen) atoms. The molecular formula is C21H22FN5O3. The quantitative estimate of drug-likeness (QED) is 0.616. The Hall–Kier alpha value is -3.20. The summed E-state index contributed by atoms with van der Waals surface area (Å²) in [5.41, 5.74) is 0.494. The smallest absolute Gasteiger partial charge is 0.272 e. The number of hydrogen-bond acceptors (Lipinski definition) is 7. The number of methoxy groups -OCH3 is 1. The molecule has 8 nitrogen and oxygen atoms in total. The molecular weight excluding hydrogens is 389 g/mol. The van der Waals surface area contributed by atoms with E-state index in [1.807, 2.05) is 0 Å². The predicted octanol–water partition coefficient (Wildman–Crippen LogP) is 2.88. The summed E-state index contributed by atoms with van der Waals surface area (Å²) in [6, 6.07) is 7.50. The molecule has 1 saturated heterocycles. The Balaban J connectivity index is 1.62. The lowest BCUT2D eigenvalue weighted by molar-refractivity contribution is 0.0561. The number of likely N-dealkylation sites (tertiary alicyclic amines) is 1. The van der Waals surface area contributed by atoms with Gasteiger partial charge in [-0.1, -0.05) is 5.16 Å². The van der Waals surface area contributed by atoms with Crippen molar-refractivity contribution < 1.29 is 18.4 Å². The highest BCUT2D eigenvalue weighted by molar-refractivity contribution is 5.92. The van der Waals surface area contributed by atoms with Crippen LogP contribution in [0.25, 0.3) is 11.5 Å². The molecule has 0 aliphatic carbocycles. The second kappa shape index (κ2) is 8.66. The van der Waals surface area contributed by atoms with Crippen LogP contribution in [-0.2, 0) is 10.2 Å². The monoisotopic (exact) mass is 411 g/mol. The van der Waals surface area contributed by atoms with Crippen molar-refractivity contribution in [3.63, 3.8) is 0 Å². The van der Waals surface area contributed by atoms with E-state index in [9.17, 15) is 9.18 Å². The number of piperidine rings is 1. The molecule has 3 heterocycles. The second-order valence-electron chi connectivity index (χ2n) is 7.38. The summed E-state index contributed by atoms with van der Waals surface area (Å²) in [6.45, 7) is 1.55. The van der Waals surface area contributed by atoms with Crippen LogP contribution in [0.15, 0.2) is 47.4 Å². The number of hydrogen-bond donors (Lipinski definition) is 0. The van der Waals surface area contributed by atoms with Crippen molar-refractivity contribution in [2.24, 2.45) is 0 Å². The third-order valence-corrected chi connectivity index (χ3v) is 5.44. The molecule has 0 N–H and O–H groups in total. The van der Waals surface area contributed by atoms with Gasteiger partial charge in [-0.3, -0.25) is 4.79 Å². The third-order valence-electron chi connectivity index (χ3n) is 5.44. The lowest BCUT2D eigenvalue weighted by atomic mass is 9.76. The van der Waals surface area contributed by atoms with Gasteiger partial charge >= 0.3 is 0 Å². The van der Waals surface area contributed by atoms with Gasteiger partial charge in [-0.2, -0.15) is 4.98 Å². The maximum Gasteiger partial charge on any atom is 0.272 e. The van der Waals surface area contributed by atoms with E-state index in [4.69, 9.17) is 9.26 Å². The second-order valence-corrected chi connectivity index (χ2v) is 7.38. The van der Waals surface area contributed by atoms with E-state index in [1.165, 1.54) is 18.5 Å². The molecule has 1 aliphatic rings. The standard InChI is InChI=1S/C21H22FN5O3/c1-29-12-9-21(20-25-18(30-26-20)15-3-5-16(22)6-4-15)8-2-11-27(13-21)19(28)17-7-10-23-14-24-17/h3-7,10,14H,2,8-9,11-13H2,1H3. The van der Waals surface area contributed by atoms with E-state index in [0.29, 0.717) is 49.1 Å². The van der Waals surface area contributed by atoms with Crippen LogP contribution < -0.4 is 0 Å². The van der Waals surface area contributed by atoms with E-state index in [1.54, 1.807) is 36.4 Å². The molecule has 1 atom stereocenters. The molecule has 3 aromatic rings. The van der Waals surface area contributed by atoms with Gasteiger partial charge in [0.15, 0.2) is 5.82 Å². The highest BCUT2D eigenvalue weighted by Crippen LogP contribution is 2.37. The Morgan fingerprint density at radius 3 is 2.87 bits per heavy atom. The van der Waals surface area contributed by atoms with E-state index < -0.39 is 5.41 Å². The molecule has 1 fully saturated rings. The highest BCUT2D eigenvalue weighted by Gasteiger charge is 2.42. The SMILES string of the molecule is COCCC1(c2noc(-c3ccc(F)cc3)n2)CCCN(C(=O)c2ccncn2)C1. The topological polar surface area (TPSA) is 94.2 Å². The molecule has 1 aliphatic heterocycles. The summed E-state index contributed by atoms with van der Waals surface area (Å²) in [5, 5.41) is 4.23. The Kier molecular flexibility index (Phi) is 5.80. The number of carbonyl (C=O) groups is 1. The van der Waals surface area contributed by atoms with Gasteiger partial charge in [0.05, 0.1) is 5.41 Å². The largest absolute Gasteiger partial charge is 0.385 e. The summed E-state index contributed by atoms with van der Waals surface area (Å²) in [4.78, 5) is 27.3. The number of nitrogens with zero attached hydrogens (tertiary/aromatic N) is 5. The van der Waals surface area contributed by atoms with Crippen LogP contribution in [0.3, 0.4) is 0 Å². The van der Waals surface area contributed by atoms with Gasteiger partial charge in [0, 0.05) is 38.6 Å². The zero-order chi connectivity index (χ0) is 21.0. The maximum absolute atomic E-state index is 13.2. The number of amides is 1. The van der Waals surface area contributed by atoms with Crippen molar-refractivity contribution in [3.05, 3.63) is 60.2 Å². The first-order chi connectivity index (χ1) is 14.6.